The number of nitrogens with zero attached hydrogens (tertiary/aromatic N) is 1. The highest BCUT2D eigenvalue weighted by Gasteiger charge is 2.16. The Morgan fingerprint density at radius 2 is 2.06 bits per heavy atom. The summed E-state index contributed by atoms with van der Waals surface area (Å²) in [6, 6.07) is 7.91. The zero-order valence-electron chi connectivity index (χ0n) is 10.1. The van der Waals surface area contributed by atoms with Gasteiger partial charge >= 0.3 is 0 Å². The van der Waals surface area contributed by atoms with Crippen molar-refractivity contribution in [3.8, 4) is 0 Å². The van der Waals surface area contributed by atoms with Crippen LogP contribution in [-0.4, -0.2) is 28.7 Å². The highest BCUT2D eigenvalue weighted by Crippen LogP contribution is 2.19. The van der Waals surface area contributed by atoms with Gasteiger partial charge in [0.05, 0.1) is 0 Å². The highest BCUT2D eigenvalue weighted by atomic mass is 19.3. The van der Waals surface area contributed by atoms with Gasteiger partial charge in [0, 0.05) is 37.2 Å². The first-order valence-corrected chi connectivity index (χ1v) is 5.79. The van der Waals surface area contributed by atoms with E-state index in [-0.39, 0.29) is 6.54 Å². The normalized spacial score (nSPS) is 13.4. The summed E-state index contributed by atoms with van der Waals surface area (Å²) in [6.45, 7) is 0.353. The maximum Gasteiger partial charge on any atom is 0.265 e. The minimum Gasteiger partial charge on any atom is -0.386 e. The van der Waals surface area contributed by atoms with Crippen molar-refractivity contribution in [3.05, 3.63) is 36.0 Å². The van der Waals surface area contributed by atoms with E-state index < -0.39 is 12.5 Å². The molecule has 3 nitrogen and oxygen atoms in total. The number of halogens is 2. The monoisotopic (exact) mass is 254 g/mol. The van der Waals surface area contributed by atoms with E-state index in [2.05, 4.69) is 5.32 Å². The van der Waals surface area contributed by atoms with Gasteiger partial charge in [-0.3, -0.25) is 0 Å². The van der Waals surface area contributed by atoms with Crippen molar-refractivity contribution in [2.75, 3.05) is 6.54 Å². The second-order valence-electron chi connectivity index (χ2n) is 4.32. The number of aryl methyl sites for hydroxylation is 1. The minimum absolute atomic E-state index is 0.110. The Bertz CT molecular complexity index is 525. The number of aromatic nitrogens is 1. The van der Waals surface area contributed by atoms with Gasteiger partial charge in [0.2, 0.25) is 0 Å². The van der Waals surface area contributed by atoms with Gasteiger partial charge in [-0.1, -0.05) is 18.2 Å². The summed E-state index contributed by atoms with van der Waals surface area (Å²) in [5, 5.41) is 12.9. The molecule has 2 N–H and O–H groups in total. The van der Waals surface area contributed by atoms with Gasteiger partial charge in [0.1, 0.15) is 6.10 Å². The summed E-state index contributed by atoms with van der Waals surface area (Å²) in [7, 11) is 1.94. The number of rotatable bonds is 5. The second-order valence-corrected chi connectivity index (χ2v) is 4.32. The number of nitrogens with one attached hydrogen (secondary N) is 1. The molecule has 0 radical (unpaired) electrons. The van der Waals surface area contributed by atoms with E-state index in [1.165, 1.54) is 0 Å². The lowest BCUT2D eigenvalue weighted by atomic mass is 10.2. The van der Waals surface area contributed by atoms with Crippen LogP contribution in [0.4, 0.5) is 8.78 Å². The quantitative estimate of drug-likeness (QED) is 0.855. The number of aliphatic hydroxyl groups excluding tert-OH is 1. The fourth-order valence-corrected chi connectivity index (χ4v) is 2.01. The number of hydrogen-bond donors (Lipinski definition) is 2. The molecule has 1 unspecified atom stereocenters. The summed E-state index contributed by atoms with van der Waals surface area (Å²) < 4.78 is 26.2. The zero-order valence-corrected chi connectivity index (χ0v) is 10.1. The van der Waals surface area contributed by atoms with Crippen LogP contribution in [0.1, 0.15) is 5.56 Å². The standard InChI is InChI=1S/C13H16F2N2O/c1-17-8-9(6-16-7-12(18)13(14)15)10-4-2-3-5-11(10)17/h2-5,8,12-13,16,18H,6-7H2,1H3. The summed E-state index contributed by atoms with van der Waals surface area (Å²) >= 11 is 0. The van der Waals surface area contributed by atoms with Crippen LogP contribution in [0.5, 0.6) is 0 Å². The lowest BCUT2D eigenvalue weighted by molar-refractivity contribution is -0.00339. The highest BCUT2D eigenvalue weighted by molar-refractivity contribution is 5.83. The molecule has 18 heavy (non-hydrogen) atoms. The van der Waals surface area contributed by atoms with Gasteiger partial charge in [-0.2, -0.15) is 0 Å². The molecule has 0 aliphatic heterocycles. The van der Waals surface area contributed by atoms with E-state index in [1.54, 1.807) is 0 Å². The van der Waals surface area contributed by atoms with Crippen LogP contribution in [0.2, 0.25) is 0 Å². The van der Waals surface area contributed by atoms with Crippen molar-refractivity contribution in [1.29, 1.82) is 0 Å². The number of fused-ring (bicyclic) bond motifs is 1. The van der Waals surface area contributed by atoms with Crippen molar-refractivity contribution in [2.24, 2.45) is 7.05 Å². The topological polar surface area (TPSA) is 37.2 Å². The second kappa shape index (κ2) is 5.46. The fourth-order valence-electron chi connectivity index (χ4n) is 2.01. The lowest BCUT2D eigenvalue weighted by Crippen LogP contribution is -2.31. The molecule has 1 aromatic carbocycles. The third kappa shape index (κ3) is 2.68. The summed E-state index contributed by atoms with van der Waals surface area (Å²) in [4.78, 5) is 0. The molecule has 98 valence electrons. The Hall–Kier alpha value is -1.46. The Balaban J connectivity index is 2.04. The molecule has 0 fully saturated rings. The van der Waals surface area contributed by atoms with Gasteiger partial charge in [0.25, 0.3) is 6.43 Å². The third-order valence-corrected chi connectivity index (χ3v) is 2.94. The van der Waals surface area contributed by atoms with Gasteiger partial charge in [-0.05, 0) is 11.6 Å². The van der Waals surface area contributed by atoms with Crippen molar-refractivity contribution >= 4 is 10.9 Å². The molecule has 0 amide bonds. The molecule has 0 saturated carbocycles. The first-order valence-electron chi connectivity index (χ1n) is 5.79. The minimum atomic E-state index is -2.70. The van der Waals surface area contributed by atoms with Gasteiger partial charge in [-0.25, -0.2) is 8.78 Å². The van der Waals surface area contributed by atoms with Gasteiger partial charge in [-0.15, -0.1) is 0 Å². The van der Waals surface area contributed by atoms with Crippen molar-refractivity contribution in [2.45, 2.75) is 19.1 Å². The molecule has 0 aliphatic rings. The molecule has 0 spiro atoms. The fraction of sp³-hybridized carbons (Fsp3) is 0.385. The Labute approximate surface area is 104 Å². The average molecular weight is 254 g/mol. The molecular weight excluding hydrogens is 238 g/mol. The van der Waals surface area contributed by atoms with E-state index in [4.69, 9.17) is 5.11 Å². The summed E-state index contributed by atoms with van der Waals surface area (Å²) in [5.74, 6) is 0. The number of hydrogen-bond acceptors (Lipinski definition) is 2. The number of alkyl halides is 2. The van der Waals surface area contributed by atoms with E-state index in [1.807, 2.05) is 42.1 Å². The van der Waals surface area contributed by atoms with Crippen LogP contribution in [-0.2, 0) is 13.6 Å². The summed E-state index contributed by atoms with van der Waals surface area (Å²) in [5.41, 5.74) is 2.14. The maximum atomic E-state index is 12.1. The largest absolute Gasteiger partial charge is 0.386 e. The Morgan fingerprint density at radius 1 is 1.33 bits per heavy atom. The SMILES string of the molecule is Cn1cc(CNCC(O)C(F)F)c2ccccc21. The van der Waals surface area contributed by atoms with E-state index >= 15 is 0 Å². The number of aliphatic hydroxyl groups is 1. The van der Waals surface area contributed by atoms with E-state index in [9.17, 15) is 8.78 Å². The molecule has 5 heteroatoms. The molecule has 2 aromatic rings. The van der Waals surface area contributed by atoms with Crippen LogP contribution >= 0.6 is 0 Å². The van der Waals surface area contributed by atoms with Crippen molar-refractivity contribution < 1.29 is 13.9 Å². The van der Waals surface area contributed by atoms with Crippen molar-refractivity contribution in [3.63, 3.8) is 0 Å². The zero-order chi connectivity index (χ0) is 13.1. The first kappa shape index (κ1) is 13.0. The molecule has 0 aliphatic carbocycles. The smallest absolute Gasteiger partial charge is 0.265 e. The average Bonchev–Trinajstić information content (AvgIpc) is 2.67. The van der Waals surface area contributed by atoms with Crippen LogP contribution in [0.15, 0.2) is 30.5 Å². The molecule has 1 aromatic heterocycles. The summed E-state index contributed by atoms with van der Waals surface area (Å²) in [6.07, 6.45) is -2.35. The molecular formula is C13H16F2N2O. The third-order valence-electron chi connectivity index (χ3n) is 2.94. The van der Waals surface area contributed by atoms with Crippen LogP contribution < -0.4 is 5.32 Å². The number of para-hydroxylation sites is 1. The Kier molecular flexibility index (Phi) is 3.93. The lowest BCUT2D eigenvalue weighted by Gasteiger charge is -2.10. The van der Waals surface area contributed by atoms with Gasteiger partial charge < -0.3 is 15.0 Å². The molecule has 0 saturated heterocycles. The molecule has 1 heterocycles. The maximum absolute atomic E-state index is 12.1. The van der Waals surface area contributed by atoms with Crippen LogP contribution in [0.3, 0.4) is 0 Å². The Morgan fingerprint density at radius 3 is 2.78 bits per heavy atom. The molecule has 2 rings (SSSR count). The first-order chi connectivity index (χ1) is 8.59. The van der Waals surface area contributed by atoms with Crippen LogP contribution in [0, 0.1) is 0 Å². The van der Waals surface area contributed by atoms with E-state index in [0.29, 0.717) is 6.54 Å². The van der Waals surface area contributed by atoms with Gasteiger partial charge in [0.15, 0.2) is 0 Å². The van der Waals surface area contributed by atoms with Crippen molar-refractivity contribution in [1.82, 2.24) is 9.88 Å². The van der Waals surface area contributed by atoms with E-state index in [0.717, 1.165) is 16.5 Å². The predicted octanol–water partition coefficient (Wildman–Crippen LogP) is 1.89. The predicted molar refractivity (Wildman–Crippen MR) is 66.6 cm³/mol. The molecule has 0 bridgehead atoms. The molecule has 1 atom stereocenters. The number of benzene rings is 1. The van der Waals surface area contributed by atoms with Crippen LogP contribution in [0.25, 0.3) is 10.9 Å².